The fourth-order valence-electron chi connectivity index (χ4n) is 3.28. The summed E-state index contributed by atoms with van der Waals surface area (Å²) in [7, 11) is 1.69. The fraction of sp³-hybridized carbons (Fsp3) is 0.375. The molecule has 0 aromatic heterocycles. The summed E-state index contributed by atoms with van der Waals surface area (Å²) in [5, 5.41) is 12.8. The SMILES string of the molecule is Cc1ccc(NC(=O)[C@H](O)[C@H](C=O)OCCN(C)c2cc(F)cc(C(=O)N3CCC3)c2)cc1. The van der Waals surface area contributed by atoms with E-state index >= 15 is 0 Å². The number of aldehydes is 1. The van der Waals surface area contributed by atoms with Gasteiger partial charge in [0.1, 0.15) is 11.9 Å². The summed E-state index contributed by atoms with van der Waals surface area (Å²) in [5.74, 6) is -1.50. The molecule has 8 nitrogen and oxygen atoms in total. The van der Waals surface area contributed by atoms with Crippen molar-refractivity contribution in [2.45, 2.75) is 25.6 Å². The van der Waals surface area contributed by atoms with Crippen LogP contribution >= 0.6 is 0 Å². The number of likely N-dealkylation sites (N-methyl/N-ethyl adjacent to an activating group) is 1. The number of aliphatic hydroxyl groups is 1. The highest BCUT2D eigenvalue weighted by molar-refractivity contribution is 5.96. The molecule has 0 saturated carbocycles. The van der Waals surface area contributed by atoms with Crippen LogP contribution in [0.25, 0.3) is 0 Å². The Morgan fingerprint density at radius 3 is 2.55 bits per heavy atom. The highest BCUT2D eigenvalue weighted by atomic mass is 19.1. The van der Waals surface area contributed by atoms with Gasteiger partial charge >= 0.3 is 0 Å². The van der Waals surface area contributed by atoms with Crippen LogP contribution in [0.3, 0.4) is 0 Å². The summed E-state index contributed by atoms with van der Waals surface area (Å²) in [5.41, 5.74) is 2.25. The van der Waals surface area contributed by atoms with Crippen LogP contribution in [-0.2, 0) is 14.3 Å². The van der Waals surface area contributed by atoms with Crippen molar-refractivity contribution in [3.63, 3.8) is 0 Å². The second-order valence-electron chi connectivity index (χ2n) is 8.04. The van der Waals surface area contributed by atoms with Crippen molar-refractivity contribution >= 4 is 29.5 Å². The monoisotopic (exact) mass is 457 g/mol. The number of aryl methyl sites for hydroxylation is 1. The molecule has 0 spiro atoms. The predicted molar refractivity (Wildman–Crippen MR) is 122 cm³/mol. The maximum absolute atomic E-state index is 14.1. The molecule has 3 rings (SSSR count). The smallest absolute Gasteiger partial charge is 0.256 e. The van der Waals surface area contributed by atoms with E-state index in [4.69, 9.17) is 4.74 Å². The number of aliphatic hydroxyl groups excluding tert-OH is 1. The van der Waals surface area contributed by atoms with Crippen LogP contribution in [0.4, 0.5) is 15.8 Å². The standard InChI is InChI=1S/C24H28FN3O5/c1-16-4-6-19(7-5-16)26-23(31)22(30)21(15-29)33-11-10-27(2)20-13-17(12-18(25)14-20)24(32)28-8-3-9-28/h4-7,12-15,21-22,30H,3,8-11H2,1-2H3,(H,26,31)/t21-,22+/m0/s1. The molecule has 2 aromatic carbocycles. The first kappa shape index (κ1) is 24.3. The van der Waals surface area contributed by atoms with E-state index in [1.165, 1.54) is 12.1 Å². The Hall–Kier alpha value is -3.30. The quantitative estimate of drug-likeness (QED) is 0.530. The number of carbonyl (C=O) groups excluding carboxylic acids is 3. The summed E-state index contributed by atoms with van der Waals surface area (Å²) in [6.07, 6.45) is -1.74. The molecule has 0 radical (unpaired) electrons. The van der Waals surface area contributed by atoms with Gasteiger partial charge < -0.3 is 29.8 Å². The largest absolute Gasteiger partial charge is 0.380 e. The lowest BCUT2D eigenvalue weighted by molar-refractivity contribution is -0.139. The van der Waals surface area contributed by atoms with Gasteiger partial charge in [0, 0.05) is 43.6 Å². The number of ether oxygens (including phenoxy) is 1. The number of hydrogen-bond acceptors (Lipinski definition) is 6. The van der Waals surface area contributed by atoms with Crippen molar-refractivity contribution in [1.82, 2.24) is 4.90 Å². The minimum atomic E-state index is -1.69. The number of carbonyl (C=O) groups is 3. The second kappa shape index (κ2) is 11.0. The van der Waals surface area contributed by atoms with Gasteiger partial charge in [-0.05, 0) is 43.7 Å². The zero-order valence-corrected chi connectivity index (χ0v) is 18.7. The Labute approximate surface area is 191 Å². The number of benzene rings is 2. The van der Waals surface area contributed by atoms with Crippen LogP contribution in [0.5, 0.6) is 0 Å². The zero-order valence-electron chi connectivity index (χ0n) is 18.7. The molecule has 0 unspecified atom stereocenters. The first-order chi connectivity index (χ1) is 15.8. The lowest BCUT2D eigenvalue weighted by Crippen LogP contribution is -2.42. The van der Waals surface area contributed by atoms with Crippen molar-refractivity contribution in [3.05, 3.63) is 59.4 Å². The molecule has 2 N–H and O–H groups in total. The molecule has 1 aliphatic heterocycles. The molecule has 33 heavy (non-hydrogen) atoms. The molecule has 0 bridgehead atoms. The highest BCUT2D eigenvalue weighted by Crippen LogP contribution is 2.21. The zero-order chi connectivity index (χ0) is 24.0. The Balaban J connectivity index is 1.53. The van der Waals surface area contributed by atoms with Gasteiger partial charge in [0.15, 0.2) is 12.4 Å². The van der Waals surface area contributed by atoms with Gasteiger partial charge in [0.05, 0.1) is 6.61 Å². The first-order valence-electron chi connectivity index (χ1n) is 10.7. The average Bonchev–Trinajstić information content (AvgIpc) is 2.76. The minimum absolute atomic E-state index is 0.0132. The topological polar surface area (TPSA) is 99.2 Å². The van der Waals surface area contributed by atoms with Crippen molar-refractivity contribution in [2.75, 3.05) is 43.5 Å². The third-order valence-corrected chi connectivity index (χ3v) is 5.48. The van der Waals surface area contributed by atoms with Crippen LogP contribution in [0.1, 0.15) is 22.3 Å². The molecule has 2 atom stereocenters. The number of rotatable bonds is 10. The second-order valence-corrected chi connectivity index (χ2v) is 8.04. The van der Waals surface area contributed by atoms with Gasteiger partial charge in [-0.1, -0.05) is 17.7 Å². The molecule has 1 fully saturated rings. The van der Waals surface area contributed by atoms with Gasteiger partial charge in [0.25, 0.3) is 11.8 Å². The van der Waals surface area contributed by atoms with E-state index in [1.54, 1.807) is 47.2 Å². The predicted octanol–water partition coefficient (Wildman–Crippen LogP) is 2.00. The molecule has 176 valence electrons. The summed E-state index contributed by atoms with van der Waals surface area (Å²) in [6, 6.07) is 11.1. The molecule has 1 aliphatic rings. The molecular weight excluding hydrogens is 429 g/mol. The first-order valence-corrected chi connectivity index (χ1v) is 10.7. The number of hydrogen-bond donors (Lipinski definition) is 2. The molecule has 1 heterocycles. The van der Waals surface area contributed by atoms with Crippen molar-refractivity contribution in [3.8, 4) is 0 Å². The Morgan fingerprint density at radius 1 is 1.24 bits per heavy atom. The molecule has 9 heteroatoms. The number of amides is 2. The van der Waals surface area contributed by atoms with E-state index < -0.39 is 23.9 Å². The summed E-state index contributed by atoms with van der Waals surface area (Å²) >= 11 is 0. The van der Waals surface area contributed by atoms with Gasteiger partial charge in [-0.3, -0.25) is 9.59 Å². The minimum Gasteiger partial charge on any atom is -0.380 e. The van der Waals surface area contributed by atoms with Crippen molar-refractivity contribution in [1.29, 1.82) is 0 Å². The van der Waals surface area contributed by atoms with Crippen LogP contribution in [-0.4, -0.2) is 73.6 Å². The number of anilines is 2. The molecule has 0 aliphatic carbocycles. The van der Waals surface area contributed by atoms with E-state index in [2.05, 4.69) is 5.32 Å². The number of nitrogens with zero attached hydrogens (tertiary/aromatic N) is 2. The molecule has 2 amide bonds. The fourth-order valence-corrected chi connectivity index (χ4v) is 3.28. The van der Waals surface area contributed by atoms with E-state index in [0.29, 0.717) is 30.8 Å². The van der Waals surface area contributed by atoms with E-state index in [1.807, 2.05) is 6.92 Å². The molecule has 1 saturated heterocycles. The maximum atomic E-state index is 14.1. The van der Waals surface area contributed by atoms with Crippen LogP contribution in [0.2, 0.25) is 0 Å². The summed E-state index contributed by atoms with van der Waals surface area (Å²) in [6.45, 7) is 3.46. The summed E-state index contributed by atoms with van der Waals surface area (Å²) < 4.78 is 19.5. The van der Waals surface area contributed by atoms with Crippen LogP contribution in [0.15, 0.2) is 42.5 Å². The lowest BCUT2D eigenvalue weighted by atomic mass is 10.1. The van der Waals surface area contributed by atoms with E-state index in [-0.39, 0.29) is 24.6 Å². The highest BCUT2D eigenvalue weighted by Gasteiger charge is 2.27. The summed E-state index contributed by atoms with van der Waals surface area (Å²) in [4.78, 5) is 39.3. The third-order valence-electron chi connectivity index (χ3n) is 5.48. The van der Waals surface area contributed by atoms with Crippen molar-refractivity contribution in [2.24, 2.45) is 0 Å². The molecule has 2 aromatic rings. The Morgan fingerprint density at radius 2 is 1.94 bits per heavy atom. The van der Waals surface area contributed by atoms with E-state index in [0.717, 1.165) is 12.0 Å². The van der Waals surface area contributed by atoms with Crippen LogP contribution in [0, 0.1) is 12.7 Å². The van der Waals surface area contributed by atoms with Gasteiger partial charge in [0.2, 0.25) is 0 Å². The Bertz CT molecular complexity index is 994. The lowest BCUT2D eigenvalue weighted by Gasteiger charge is -2.31. The molecular formula is C24H28FN3O5. The van der Waals surface area contributed by atoms with E-state index in [9.17, 15) is 23.9 Å². The van der Waals surface area contributed by atoms with Gasteiger partial charge in [-0.15, -0.1) is 0 Å². The number of halogens is 1. The van der Waals surface area contributed by atoms with Gasteiger partial charge in [-0.25, -0.2) is 4.39 Å². The number of nitrogens with one attached hydrogen (secondary N) is 1. The van der Waals surface area contributed by atoms with Crippen LogP contribution < -0.4 is 10.2 Å². The average molecular weight is 458 g/mol. The third kappa shape index (κ3) is 6.36. The van der Waals surface area contributed by atoms with Crippen molar-refractivity contribution < 1.29 is 28.6 Å². The van der Waals surface area contributed by atoms with Gasteiger partial charge in [-0.2, -0.15) is 0 Å². The Kier molecular flexibility index (Phi) is 8.13. The number of likely N-dealkylation sites (tertiary alicyclic amines) is 1. The maximum Gasteiger partial charge on any atom is 0.256 e. The normalized spacial score (nSPS) is 14.7.